The molecule has 10 heteroatoms. The summed E-state index contributed by atoms with van der Waals surface area (Å²) in [7, 11) is 0. The molecule has 4 aromatic heterocycles. The summed E-state index contributed by atoms with van der Waals surface area (Å²) in [5.41, 5.74) is 2.33. The molecule has 0 aliphatic heterocycles. The smallest absolute Gasteiger partial charge is 0.197 e. The Morgan fingerprint density at radius 2 is 1.69 bits per heavy atom. The van der Waals surface area contributed by atoms with Crippen LogP contribution >= 0.6 is 0 Å². The number of azo groups is 1. The van der Waals surface area contributed by atoms with Gasteiger partial charge in [-0.05, 0) is 19.1 Å². The minimum atomic E-state index is -0.364. The first-order valence-electron chi connectivity index (χ1n) is 10.3. The second-order valence-corrected chi connectivity index (χ2v) is 9.70. The van der Waals surface area contributed by atoms with Crippen LogP contribution in [0.5, 0.6) is 0 Å². The highest BCUT2D eigenvalue weighted by Crippen LogP contribution is 2.37. The number of aryl methyl sites for hydroxylation is 1. The summed E-state index contributed by atoms with van der Waals surface area (Å²) in [6, 6.07) is 7.77. The topological polar surface area (TPSA) is 125 Å². The molecule has 0 aliphatic carbocycles. The van der Waals surface area contributed by atoms with Gasteiger partial charge in [-0.3, -0.25) is 0 Å². The maximum atomic E-state index is 9.98. The molecule has 4 aromatic rings. The van der Waals surface area contributed by atoms with Crippen LogP contribution in [-0.4, -0.2) is 34.6 Å². The van der Waals surface area contributed by atoms with Crippen molar-refractivity contribution in [3.63, 3.8) is 0 Å². The van der Waals surface area contributed by atoms with Gasteiger partial charge in [0.2, 0.25) is 0 Å². The molecule has 0 bridgehead atoms. The number of nitriles is 1. The Morgan fingerprint density at radius 1 is 0.969 bits per heavy atom. The van der Waals surface area contributed by atoms with Gasteiger partial charge in [0.05, 0.1) is 11.4 Å². The number of nitrogens with zero attached hydrogens (tertiary/aromatic N) is 9. The van der Waals surface area contributed by atoms with Crippen molar-refractivity contribution in [1.29, 1.82) is 5.26 Å². The Labute approximate surface area is 186 Å². The van der Waals surface area contributed by atoms with Gasteiger partial charge in [0, 0.05) is 17.0 Å². The fourth-order valence-corrected chi connectivity index (χ4v) is 3.38. The minimum Gasteiger partial charge on any atom is -0.324 e. The van der Waals surface area contributed by atoms with Crippen molar-refractivity contribution in [3.05, 3.63) is 47.2 Å². The predicted octanol–water partition coefficient (Wildman–Crippen LogP) is 4.83. The summed E-state index contributed by atoms with van der Waals surface area (Å²) < 4.78 is 3.10. The number of hydrogen-bond donors (Lipinski definition) is 1. The van der Waals surface area contributed by atoms with Crippen molar-refractivity contribution >= 4 is 17.2 Å². The van der Waals surface area contributed by atoms with E-state index in [1.54, 1.807) is 10.9 Å². The maximum Gasteiger partial charge on any atom is 0.197 e. The van der Waals surface area contributed by atoms with Crippen LogP contribution in [0.4, 0.5) is 11.5 Å². The summed E-state index contributed by atoms with van der Waals surface area (Å²) in [4.78, 5) is 7.59. The van der Waals surface area contributed by atoms with Gasteiger partial charge in [-0.2, -0.15) is 20.1 Å². The molecule has 0 saturated heterocycles. The van der Waals surface area contributed by atoms with E-state index < -0.39 is 0 Å². The van der Waals surface area contributed by atoms with Crippen LogP contribution in [0.2, 0.25) is 0 Å². The monoisotopic (exact) mass is 430 g/mol. The Morgan fingerprint density at radius 3 is 2.28 bits per heavy atom. The lowest BCUT2D eigenvalue weighted by atomic mass is 9.90. The molecule has 4 rings (SSSR count). The normalized spacial score (nSPS) is 12.7. The van der Waals surface area contributed by atoms with Gasteiger partial charge >= 0.3 is 0 Å². The number of H-pyrrole nitrogens is 1. The molecule has 0 fully saturated rings. The SMILES string of the molecule is Cc1nn2nc(C(C)(C)C)c(/N=N/c3c(C#N)c(C(C)(C)C)nn3-c3ccccn3)c2[nH]1. The van der Waals surface area contributed by atoms with Crippen molar-refractivity contribution in [1.82, 2.24) is 34.6 Å². The van der Waals surface area contributed by atoms with E-state index in [1.165, 1.54) is 4.63 Å². The van der Waals surface area contributed by atoms with Crippen LogP contribution in [0.25, 0.3) is 11.5 Å². The van der Waals surface area contributed by atoms with Crippen molar-refractivity contribution in [2.75, 3.05) is 0 Å². The number of aromatic nitrogens is 7. The van der Waals surface area contributed by atoms with Crippen molar-refractivity contribution in [2.45, 2.75) is 59.3 Å². The Balaban J connectivity index is 1.96. The fourth-order valence-electron chi connectivity index (χ4n) is 3.38. The quantitative estimate of drug-likeness (QED) is 0.466. The van der Waals surface area contributed by atoms with Crippen LogP contribution in [0.15, 0.2) is 34.6 Å². The zero-order valence-electron chi connectivity index (χ0n) is 19.3. The Hall–Kier alpha value is -3.87. The van der Waals surface area contributed by atoms with Gasteiger partial charge < -0.3 is 4.98 Å². The number of fused-ring (bicyclic) bond motifs is 1. The van der Waals surface area contributed by atoms with Gasteiger partial charge in [-0.15, -0.1) is 20.0 Å². The average Bonchev–Trinajstić information content (AvgIpc) is 3.36. The summed E-state index contributed by atoms with van der Waals surface area (Å²) in [5.74, 6) is 1.60. The summed E-state index contributed by atoms with van der Waals surface area (Å²) in [5, 5.41) is 32.7. The van der Waals surface area contributed by atoms with Crippen molar-refractivity contribution < 1.29 is 0 Å². The van der Waals surface area contributed by atoms with Crippen LogP contribution < -0.4 is 0 Å². The highest BCUT2D eigenvalue weighted by atomic mass is 15.5. The first kappa shape index (κ1) is 21.4. The molecule has 4 heterocycles. The van der Waals surface area contributed by atoms with Gasteiger partial charge in [0.1, 0.15) is 17.5 Å². The Bertz CT molecular complexity index is 1350. The molecule has 1 N–H and O–H groups in total. The molecular formula is C22H26N10. The lowest BCUT2D eigenvalue weighted by Crippen LogP contribution is -2.14. The molecule has 0 saturated carbocycles. The van der Waals surface area contributed by atoms with Crippen LogP contribution in [0.3, 0.4) is 0 Å². The van der Waals surface area contributed by atoms with E-state index >= 15 is 0 Å². The van der Waals surface area contributed by atoms with E-state index in [0.717, 1.165) is 11.5 Å². The zero-order chi connectivity index (χ0) is 23.3. The molecule has 0 aliphatic rings. The number of aromatic amines is 1. The third-order valence-corrected chi connectivity index (χ3v) is 4.89. The molecule has 10 nitrogen and oxygen atoms in total. The first-order chi connectivity index (χ1) is 15.0. The minimum absolute atomic E-state index is 0.285. The van der Waals surface area contributed by atoms with Crippen molar-refractivity contribution in [3.8, 4) is 11.9 Å². The predicted molar refractivity (Wildman–Crippen MR) is 120 cm³/mol. The second kappa shape index (κ2) is 7.37. The lowest BCUT2D eigenvalue weighted by molar-refractivity contribution is 0.556. The summed E-state index contributed by atoms with van der Waals surface area (Å²) in [6.45, 7) is 14.0. The number of nitrogens with one attached hydrogen (secondary N) is 1. The van der Waals surface area contributed by atoms with E-state index in [0.29, 0.717) is 34.2 Å². The molecule has 32 heavy (non-hydrogen) atoms. The van der Waals surface area contributed by atoms with Gasteiger partial charge in [-0.25, -0.2) is 4.98 Å². The molecule has 0 spiro atoms. The number of pyridine rings is 1. The zero-order valence-corrected chi connectivity index (χ0v) is 19.3. The first-order valence-corrected chi connectivity index (χ1v) is 10.3. The van der Waals surface area contributed by atoms with Crippen molar-refractivity contribution in [2.24, 2.45) is 10.2 Å². The lowest BCUT2D eigenvalue weighted by Gasteiger charge is -2.15. The van der Waals surface area contributed by atoms with E-state index in [-0.39, 0.29) is 10.8 Å². The third-order valence-electron chi connectivity index (χ3n) is 4.89. The Kier molecular flexibility index (Phi) is 4.92. The molecular weight excluding hydrogens is 404 g/mol. The van der Waals surface area contributed by atoms with E-state index in [2.05, 4.69) is 57.2 Å². The highest BCUT2D eigenvalue weighted by molar-refractivity contribution is 5.68. The van der Waals surface area contributed by atoms with Gasteiger partial charge in [0.15, 0.2) is 23.0 Å². The summed E-state index contributed by atoms with van der Waals surface area (Å²) >= 11 is 0. The second-order valence-electron chi connectivity index (χ2n) is 9.70. The van der Waals surface area contributed by atoms with E-state index in [1.807, 2.05) is 45.9 Å². The van der Waals surface area contributed by atoms with E-state index in [4.69, 9.17) is 5.10 Å². The summed E-state index contributed by atoms with van der Waals surface area (Å²) in [6.07, 6.45) is 1.67. The standard InChI is InChI=1S/C22H26N10/c1-13-25-20-16(18(22(5,6)7)30-32(20)28-13)26-27-19-14(12-23)17(21(2,3)4)29-31(19)15-10-8-9-11-24-15/h8-11H,1-7H3,(H,25,28)/b27-26+. The third kappa shape index (κ3) is 3.66. The van der Waals surface area contributed by atoms with Gasteiger partial charge in [-0.1, -0.05) is 47.6 Å². The average molecular weight is 431 g/mol. The highest BCUT2D eigenvalue weighted by Gasteiger charge is 2.29. The largest absolute Gasteiger partial charge is 0.324 e. The van der Waals surface area contributed by atoms with Gasteiger partial charge in [0.25, 0.3) is 0 Å². The van der Waals surface area contributed by atoms with Crippen LogP contribution in [-0.2, 0) is 10.8 Å². The van der Waals surface area contributed by atoms with Crippen LogP contribution in [0, 0.1) is 18.3 Å². The fraction of sp³-hybridized carbons (Fsp3) is 0.409. The molecule has 0 atom stereocenters. The number of hydrogen-bond acceptors (Lipinski definition) is 7. The molecule has 0 radical (unpaired) electrons. The maximum absolute atomic E-state index is 9.98. The molecule has 0 aromatic carbocycles. The molecule has 0 unspecified atom stereocenters. The van der Waals surface area contributed by atoms with E-state index in [9.17, 15) is 5.26 Å². The molecule has 0 amide bonds. The number of rotatable bonds is 3. The molecule has 164 valence electrons. The van der Waals surface area contributed by atoms with Crippen LogP contribution in [0.1, 0.15) is 64.3 Å².